The molecule has 2 amide bonds. The summed E-state index contributed by atoms with van der Waals surface area (Å²) in [7, 11) is 0. The van der Waals surface area contributed by atoms with Crippen molar-refractivity contribution in [3.05, 3.63) is 93.2 Å². The minimum absolute atomic E-state index is 0.0455. The molecule has 3 aromatic rings. The molecule has 186 valence electrons. The first-order chi connectivity index (χ1) is 17.5. The van der Waals surface area contributed by atoms with Gasteiger partial charge in [-0.2, -0.15) is 0 Å². The number of piperazine rings is 1. The Morgan fingerprint density at radius 3 is 2.39 bits per heavy atom. The Morgan fingerprint density at radius 2 is 1.75 bits per heavy atom. The van der Waals surface area contributed by atoms with Crippen LogP contribution in [0.5, 0.6) is 0 Å². The molecule has 0 aliphatic carbocycles. The van der Waals surface area contributed by atoms with E-state index < -0.39 is 0 Å². The highest BCUT2D eigenvalue weighted by Crippen LogP contribution is 2.23. The fraction of sp³-hybridized carbons (Fsp3) is 0.231. The molecule has 1 saturated heterocycles. The van der Waals surface area contributed by atoms with Crippen molar-refractivity contribution in [1.29, 1.82) is 5.41 Å². The number of nitrogens with one attached hydrogen (secondary N) is 2. The summed E-state index contributed by atoms with van der Waals surface area (Å²) in [5.41, 5.74) is 2.60. The molecular formula is C26H28ClN6O2S+. The van der Waals surface area contributed by atoms with Crippen LogP contribution >= 0.6 is 22.9 Å². The number of hydrogen-bond acceptors (Lipinski definition) is 6. The van der Waals surface area contributed by atoms with Crippen molar-refractivity contribution >= 4 is 46.7 Å². The Hall–Kier alpha value is -3.53. The molecule has 1 aromatic carbocycles. The lowest BCUT2D eigenvalue weighted by atomic mass is 10.2. The molecule has 10 heteroatoms. The Bertz CT molecular complexity index is 1220. The van der Waals surface area contributed by atoms with E-state index in [2.05, 4.69) is 10.3 Å². The molecule has 8 nitrogen and oxygen atoms in total. The molecular weight excluding hydrogens is 496 g/mol. The normalized spacial score (nSPS) is 14.2. The first kappa shape index (κ1) is 25.6. The second-order valence-electron chi connectivity index (χ2n) is 8.21. The van der Waals surface area contributed by atoms with Gasteiger partial charge in [-0.25, -0.2) is 0 Å². The van der Waals surface area contributed by atoms with Crippen molar-refractivity contribution in [1.82, 2.24) is 14.8 Å². The fourth-order valence-electron chi connectivity index (χ4n) is 4.02. The average Bonchev–Trinajstić information content (AvgIpc) is 3.35. The molecule has 1 fully saturated rings. The molecule has 0 unspecified atom stereocenters. The largest absolute Gasteiger partial charge is 0.362 e. The van der Waals surface area contributed by atoms with E-state index in [-0.39, 0.29) is 11.8 Å². The van der Waals surface area contributed by atoms with Crippen molar-refractivity contribution < 1.29 is 14.9 Å². The predicted molar refractivity (Wildman–Crippen MR) is 142 cm³/mol. The topological polar surface area (TPSA) is 106 Å². The number of amides is 2. The first-order valence-electron chi connectivity index (χ1n) is 11.7. The molecule has 0 bridgehead atoms. The summed E-state index contributed by atoms with van der Waals surface area (Å²) < 4.78 is 0.585. The van der Waals surface area contributed by atoms with Crippen LogP contribution in [0.1, 0.15) is 15.4 Å². The fourth-order valence-corrected chi connectivity index (χ4v) is 5.03. The Balaban J connectivity index is 1.49. The van der Waals surface area contributed by atoms with E-state index in [4.69, 9.17) is 17.0 Å². The quantitative estimate of drug-likeness (QED) is 0.296. The lowest BCUT2D eigenvalue weighted by molar-refractivity contribution is -0.600. The summed E-state index contributed by atoms with van der Waals surface area (Å²) in [4.78, 5) is 34.9. The number of pyridine rings is 1. The summed E-state index contributed by atoms with van der Waals surface area (Å²) in [5.74, 6) is -0.316. The van der Waals surface area contributed by atoms with Crippen LogP contribution < -0.4 is 10.6 Å². The van der Waals surface area contributed by atoms with Crippen molar-refractivity contribution in [3.8, 4) is 0 Å². The van der Waals surface area contributed by atoms with Crippen molar-refractivity contribution in [2.75, 3.05) is 38.0 Å². The highest BCUT2D eigenvalue weighted by molar-refractivity contribution is 7.17. The number of hydrogen-bond donors (Lipinski definition) is 3. The van der Waals surface area contributed by atoms with E-state index in [0.717, 1.165) is 5.69 Å². The number of benzene rings is 1. The minimum atomic E-state index is -0.271. The molecule has 1 aliphatic rings. The number of halogens is 1. The van der Waals surface area contributed by atoms with Gasteiger partial charge < -0.3 is 25.8 Å². The zero-order valence-corrected chi connectivity index (χ0v) is 21.3. The zero-order chi connectivity index (χ0) is 25.3. The number of aromatic nitrogens is 1. The maximum absolute atomic E-state index is 13.3. The summed E-state index contributed by atoms with van der Waals surface area (Å²) in [6.07, 6.45) is 3.66. The third-order valence-corrected chi connectivity index (χ3v) is 7.07. The van der Waals surface area contributed by atoms with Crippen molar-refractivity contribution in [3.63, 3.8) is 0 Å². The number of rotatable bonds is 9. The van der Waals surface area contributed by atoms with Crippen LogP contribution in [0.25, 0.3) is 0 Å². The van der Waals surface area contributed by atoms with Gasteiger partial charge in [0.25, 0.3) is 5.91 Å². The van der Waals surface area contributed by atoms with Gasteiger partial charge in [0.05, 0.1) is 15.8 Å². The number of allylic oxidation sites excluding steroid dienone is 1. The molecule has 4 rings (SSSR count). The van der Waals surface area contributed by atoms with Gasteiger partial charge in [0, 0.05) is 56.4 Å². The van der Waals surface area contributed by atoms with Gasteiger partial charge in [-0.05, 0) is 36.4 Å². The number of carbonyl (C=O) groups is 2. The number of nitrogens with two attached hydrogens (primary N) is 1. The maximum Gasteiger partial charge on any atom is 0.311 e. The van der Waals surface area contributed by atoms with Crippen molar-refractivity contribution in [2.24, 2.45) is 0 Å². The van der Waals surface area contributed by atoms with Gasteiger partial charge >= 0.3 is 5.91 Å². The number of carbonyl (C=O) groups excluding carboxylic acids is 2. The van der Waals surface area contributed by atoms with Crippen LogP contribution in [0.4, 0.5) is 5.69 Å². The molecule has 36 heavy (non-hydrogen) atoms. The number of thiophene rings is 1. The van der Waals surface area contributed by atoms with E-state index in [1.165, 1.54) is 17.6 Å². The van der Waals surface area contributed by atoms with Gasteiger partial charge in [-0.3, -0.25) is 14.6 Å². The summed E-state index contributed by atoms with van der Waals surface area (Å²) >= 11 is 7.26. The Kier molecular flexibility index (Phi) is 8.83. The van der Waals surface area contributed by atoms with Gasteiger partial charge in [0.2, 0.25) is 5.70 Å². The maximum atomic E-state index is 13.3. The summed E-state index contributed by atoms with van der Waals surface area (Å²) in [6, 6.07) is 18.5. The number of nitrogens with zero attached hydrogens (tertiary/aromatic N) is 3. The van der Waals surface area contributed by atoms with Crippen LogP contribution in [0.3, 0.4) is 0 Å². The number of quaternary nitrogens is 1. The lowest BCUT2D eigenvalue weighted by Gasteiger charge is -2.36. The highest BCUT2D eigenvalue weighted by atomic mass is 35.5. The van der Waals surface area contributed by atoms with E-state index >= 15 is 0 Å². The van der Waals surface area contributed by atoms with E-state index in [0.29, 0.717) is 65.4 Å². The second-order valence-corrected chi connectivity index (χ2v) is 9.93. The molecule has 0 atom stereocenters. The Morgan fingerprint density at radius 1 is 1.03 bits per heavy atom. The molecule has 0 spiro atoms. The SMILES string of the molecule is N=C/C(=C(/[NH2+]CCc1ccccn1)C(=O)Nc1ccccc1)N1CCN(C(=O)c2ccc(Cl)s2)CC1. The molecule has 1 aliphatic heterocycles. The van der Waals surface area contributed by atoms with Crippen LogP contribution in [0.15, 0.2) is 78.3 Å². The molecule has 4 N–H and O–H groups in total. The smallest absolute Gasteiger partial charge is 0.311 e. The summed E-state index contributed by atoms with van der Waals surface area (Å²) in [5, 5.41) is 13.0. The van der Waals surface area contributed by atoms with Gasteiger partial charge in [-0.15, -0.1) is 11.3 Å². The average molecular weight is 524 g/mol. The van der Waals surface area contributed by atoms with Crippen LogP contribution in [0, 0.1) is 5.41 Å². The van der Waals surface area contributed by atoms with E-state index in [1.54, 1.807) is 23.2 Å². The standard InChI is InChI=1S/C26H27ClN6O2S/c27-23-10-9-22(36-23)26(35)33-16-14-32(15-17-33)21(18-28)24(25(34)31-20-7-2-1-3-8-20)30-13-11-19-6-4-5-12-29-19/h1-10,12,18,28,30H,11,13-17H2,(H,31,34)/p+1/b24-21-,28-18?. The highest BCUT2D eigenvalue weighted by Gasteiger charge is 2.28. The van der Waals surface area contributed by atoms with E-state index in [9.17, 15) is 9.59 Å². The third kappa shape index (κ3) is 6.57. The number of anilines is 1. The molecule has 3 heterocycles. The lowest BCUT2D eigenvalue weighted by Crippen LogP contribution is -2.85. The predicted octanol–water partition coefficient (Wildman–Crippen LogP) is 2.86. The van der Waals surface area contributed by atoms with Gasteiger partial charge in [-0.1, -0.05) is 35.9 Å². The van der Waals surface area contributed by atoms with Crippen LogP contribution in [0.2, 0.25) is 4.34 Å². The Labute approximate surface area is 219 Å². The second kappa shape index (κ2) is 12.4. The zero-order valence-electron chi connectivity index (χ0n) is 19.7. The van der Waals surface area contributed by atoms with Crippen LogP contribution in [-0.2, 0) is 11.2 Å². The van der Waals surface area contributed by atoms with Gasteiger partial charge in [0.15, 0.2) is 0 Å². The number of para-hydroxylation sites is 1. The molecule has 0 saturated carbocycles. The monoisotopic (exact) mass is 523 g/mol. The van der Waals surface area contributed by atoms with Crippen molar-refractivity contribution in [2.45, 2.75) is 6.42 Å². The molecule has 2 aromatic heterocycles. The minimum Gasteiger partial charge on any atom is -0.362 e. The van der Waals surface area contributed by atoms with Crippen LogP contribution in [-0.4, -0.2) is 65.5 Å². The van der Waals surface area contributed by atoms with Gasteiger partial charge in [0.1, 0.15) is 5.70 Å². The third-order valence-electron chi connectivity index (χ3n) is 5.86. The molecule has 0 radical (unpaired) electrons. The first-order valence-corrected chi connectivity index (χ1v) is 12.9. The summed E-state index contributed by atoms with van der Waals surface area (Å²) in [6.45, 7) is 2.63. The van der Waals surface area contributed by atoms with E-state index in [1.807, 2.05) is 58.7 Å².